The van der Waals surface area contributed by atoms with Gasteiger partial charge in [0, 0.05) is 11.6 Å². The minimum Gasteiger partial charge on any atom is -0.494 e. The summed E-state index contributed by atoms with van der Waals surface area (Å²) in [7, 11) is -1.09. The average Bonchev–Trinajstić information content (AvgIpc) is 3.29. The number of halogens is 1. The monoisotopic (exact) mass is 527 g/mol. The van der Waals surface area contributed by atoms with E-state index in [1.807, 2.05) is 19.1 Å². The number of ether oxygens (including phenoxy) is 2. The highest BCUT2D eigenvalue weighted by Crippen LogP contribution is 2.37. The van der Waals surface area contributed by atoms with Gasteiger partial charge < -0.3 is 9.47 Å². The van der Waals surface area contributed by atoms with Crippen molar-refractivity contribution in [3.05, 3.63) is 66.1 Å². The molecule has 37 heavy (non-hydrogen) atoms. The van der Waals surface area contributed by atoms with Crippen molar-refractivity contribution in [2.45, 2.75) is 31.9 Å². The van der Waals surface area contributed by atoms with Gasteiger partial charge >= 0.3 is 0 Å². The lowest BCUT2D eigenvalue weighted by Crippen LogP contribution is -2.31. The smallest absolute Gasteiger partial charge is 0.243 e. The number of hydrogen-bond acceptors (Lipinski definition) is 9. The summed E-state index contributed by atoms with van der Waals surface area (Å²) in [6.45, 7) is 4.98. The van der Waals surface area contributed by atoms with Crippen LogP contribution in [0.4, 0.5) is 10.3 Å². The van der Waals surface area contributed by atoms with E-state index in [-0.39, 0.29) is 17.6 Å². The Balaban J connectivity index is 1.83. The van der Waals surface area contributed by atoms with Crippen molar-refractivity contribution in [1.29, 1.82) is 0 Å². The topological polar surface area (TPSA) is 134 Å². The first kappa shape index (κ1) is 25.9. The second-order valence-electron chi connectivity index (χ2n) is 8.26. The van der Waals surface area contributed by atoms with Crippen LogP contribution in [0.3, 0.4) is 0 Å². The second kappa shape index (κ2) is 10.5. The Morgan fingerprint density at radius 3 is 2.19 bits per heavy atom. The van der Waals surface area contributed by atoms with E-state index in [9.17, 15) is 12.8 Å². The van der Waals surface area contributed by atoms with Crippen LogP contribution in [-0.4, -0.2) is 57.6 Å². The van der Waals surface area contributed by atoms with Crippen LogP contribution in [0.25, 0.3) is 17.2 Å². The molecule has 0 saturated carbocycles. The molecule has 13 heteroatoms. The lowest BCUT2D eigenvalue weighted by atomic mass is 10.1. The van der Waals surface area contributed by atoms with Gasteiger partial charge in [0.2, 0.25) is 16.0 Å². The summed E-state index contributed by atoms with van der Waals surface area (Å²) in [6, 6.07) is 10.5. The van der Waals surface area contributed by atoms with Gasteiger partial charge in [0.1, 0.15) is 28.7 Å². The molecule has 4 rings (SSSR count). The first-order chi connectivity index (χ1) is 17.7. The second-order valence-corrected chi connectivity index (χ2v) is 10.3. The lowest BCUT2D eigenvalue weighted by molar-refractivity contribution is 0.391. The minimum atomic E-state index is -4.07. The van der Waals surface area contributed by atoms with Gasteiger partial charge in [-0.2, -0.15) is 0 Å². The van der Waals surface area contributed by atoms with Gasteiger partial charge in [-0.3, -0.25) is 9.29 Å². The number of sulfonamides is 1. The highest BCUT2D eigenvalue weighted by molar-refractivity contribution is 7.93. The number of nitrogens with zero attached hydrogens (tertiary/aromatic N) is 6. The Kier molecular flexibility index (Phi) is 7.34. The third-order valence-corrected chi connectivity index (χ3v) is 7.73. The molecule has 0 aliphatic heterocycles. The zero-order chi connectivity index (χ0) is 26.7. The molecule has 3 aromatic heterocycles. The SMILES string of the molecule is COc1cccc(OC)c1-n1c(NS(=O)(=O)C(C)C(C)c2ncc(F)cn2)nnc1-c1cccc(C)n1. The van der Waals surface area contributed by atoms with E-state index in [1.165, 1.54) is 25.7 Å². The molecule has 194 valence electrons. The minimum absolute atomic E-state index is 0.0971. The van der Waals surface area contributed by atoms with E-state index in [0.717, 1.165) is 18.1 Å². The molecule has 0 amide bonds. The number of aryl methyl sites for hydroxylation is 1. The van der Waals surface area contributed by atoms with Gasteiger partial charge in [-0.25, -0.2) is 27.8 Å². The van der Waals surface area contributed by atoms with Crippen molar-refractivity contribution in [3.8, 4) is 28.7 Å². The first-order valence-corrected chi connectivity index (χ1v) is 12.8. The van der Waals surface area contributed by atoms with E-state index < -0.39 is 27.0 Å². The largest absolute Gasteiger partial charge is 0.494 e. The Hall–Kier alpha value is -4.13. The molecule has 0 fully saturated rings. The summed E-state index contributed by atoms with van der Waals surface area (Å²) < 4.78 is 55.4. The molecule has 0 spiro atoms. The Labute approximate surface area is 213 Å². The van der Waals surface area contributed by atoms with Gasteiger partial charge in [-0.15, -0.1) is 10.2 Å². The van der Waals surface area contributed by atoms with E-state index in [0.29, 0.717) is 22.9 Å². The Morgan fingerprint density at radius 2 is 1.59 bits per heavy atom. The number of nitrogens with one attached hydrogen (secondary N) is 1. The van der Waals surface area contributed by atoms with Crippen molar-refractivity contribution in [2.24, 2.45) is 0 Å². The fraction of sp³-hybridized carbons (Fsp3) is 0.292. The number of hydrogen-bond donors (Lipinski definition) is 1. The number of aromatic nitrogens is 6. The molecular formula is C24H26FN7O4S. The van der Waals surface area contributed by atoms with Crippen molar-refractivity contribution in [2.75, 3.05) is 18.9 Å². The number of rotatable bonds is 9. The van der Waals surface area contributed by atoms with Gasteiger partial charge in [-0.05, 0) is 38.1 Å². The van der Waals surface area contributed by atoms with Crippen LogP contribution >= 0.6 is 0 Å². The van der Waals surface area contributed by atoms with Crippen LogP contribution in [0.1, 0.15) is 31.3 Å². The molecule has 0 radical (unpaired) electrons. The summed E-state index contributed by atoms with van der Waals surface area (Å²) in [4.78, 5) is 12.4. The molecule has 1 aromatic carbocycles. The molecule has 3 heterocycles. The molecule has 0 bridgehead atoms. The van der Waals surface area contributed by atoms with Crippen LogP contribution in [0.15, 0.2) is 48.8 Å². The molecule has 2 unspecified atom stereocenters. The fourth-order valence-electron chi connectivity index (χ4n) is 3.70. The maximum absolute atomic E-state index is 13.5. The number of methoxy groups -OCH3 is 2. The van der Waals surface area contributed by atoms with Gasteiger partial charge in [-0.1, -0.05) is 19.1 Å². The molecule has 2 atom stereocenters. The average molecular weight is 528 g/mol. The van der Waals surface area contributed by atoms with E-state index in [2.05, 4.69) is 29.9 Å². The molecule has 0 aliphatic rings. The molecule has 11 nitrogen and oxygen atoms in total. The summed E-state index contributed by atoms with van der Waals surface area (Å²) in [6.07, 6.45) is 1.99. The lowest BCUT2D eigenvalue weighted by Gasteiger charge is -2.21. The summed E-state index contributed by atoms with van der Waals surface area (Å²) in [5, 5.41) is 7.40. The van der Waals surface area contributed by atoms with Crippen LogP contribution in [0.5, 0.6) is 11.5 Å². The van der Waals surface area contributed by atoms with Gasteiger partial charge in [0.05, 0.1) is 31.9 Å². The third-order valence-electron chi connectivity index (χ3n) is 5.88. The normalized spacial score (nSPS) is 13.1. The zero-order valence-electron chi connectivity index (χ0n) is 20.9. The van der Waals surface area contributed by atoms with Crippen molar-refractivity contribution in [3.63, 3.8) is 0 Å². The van der Waals surface area contributed by atoms with Crippen LogP contribution in [0.2, 0.25) is 0 Å². The van der Waals surface area contributed by atoms with Crippen LogP contribution < -0.4 is 14.2 Å². The van der Waals surface area contributed by atoms with Crippen molar-refractivity contribution in [1.82, 2.24) is 29.7 Å². The number of benzene rings is 1. The molecular weight excluding hydrogens is 501 g/mol. The summed E-state index contributed by atoms with van der Waals surface area (Å²) >= 11 is 0. The molecule has 4 aromatic rings. The first-order valence-electron chi connectivity index (χ1n) is 11.3. The maximum Gasteiger partial charge on any atom is 0.243 e. The Morgan fingerprint density at radius 1 is 0.973 bits per heavy atom. The predicted molar refractivity (Wildman–Crippen MR) is 135 cm³/mol. The number of anilines is 1. The van der Waals surface area contributed by atoms with Gasteiger partial charge in [0.15, 0.2) is 11.6 Å². The third kappa shape index (κ3) is 5.21. The van der Waals surface area contributed by atoms with Crippen LogP contribution in [0, 0.1) is 12.7 Å². The summed E-state index contributed by atoms with van der Waals surface area (Å²) in [5.41, 5.74) is 1.59. The quantitative estimate of drug-likeness (QED) is 0.347. The van der Waals surface area contributed by atoms with E-state index in [1.54, 1.807) is 31.2 Å². The standard InChI is InChI=1S/C24H26FN7O4S/c1-14-8-6-9-18(28-14)23-29-30-24(32(23)21-19(35-4)10-7-11-20(21)36-5)31-37(33,34)16(3)15(2)22-26-12-17(25)13-27-22/h6-13,15-16H,1-5H3,(H,30,31). The van der Waals surface area contributed by atoms with Crippen molar-refractivity contribution < 1.29 is 22.3 Å². The maximum atomic E-state index is 13.5. The predicted octanol–water partition coefficient (Wildman–Crippen LogP) is 3.52. The highest BCUT2D eigenvalue weighted by atomic mass is 32.2. The zero-order valence-corrected chi connectivity index (χ0v) is 21.7. The highest BCUT2D eigenvalue weighted by Gasteiger charge is 2.32. The number of para-hydroxylation sites is 1. The van der Waals surface area contributed by atoms with Crippen molar-refractivity contribution >= 4 is 16.0 Å². The van der Waals surface area contributed by atoms with E-state index >= 15 is 0 Å². The fourth-order valence-corrected chi connectivity index (χ4v) is 4.94. The van der Waals surface area contributed by atoms with Crippen LogP contribution in [-0.2, 0) is 10.0 Å². The summed E-state index contributed by atoms with van der Waals surface area (Å²) in [5.74, 6) is -0.109. The molecule has 0 aliphatic carbocycles. The molecule has 0 saturated heterocycles. The van der Waals surface area contributed by atoms with Gasteiger partial charge in [0.25, 0.3) is 0 Å². The van der Waals surface area contributed by atoms with E-state index in [4.69, 9.17) is 9.47 Å². The number of pyridine rings is 1. The molecule has 1 N–H and O–H groups in total. The Bertz CT molecular complexity index is 1490.